The molecule has 35 heavy (non-hydrogen) atoms. The van der Waals surface area contributed by atoms with E-state index in [9.17, 15) is 4.79 Å². The number of benzene rings is 2. The lowest BCUT2D eigenvalue weighted by Gasteiger charge is -2.15. The van der Waals surface area contributed by atoms with Crippen LogP contribution in [0.5, 0.6) is 0 Å². The SMILES string of the molecule is Cc1cc(C2=NNC(=Nc3ccccc3Cl)SC2)c(C)n1-c1c(C)n(C)n(-c2ccccc2)c1=O. The van der Waals surface area contributed by atoms with Crippen LogP contribution < -0.4 is 11.0 Å². The summed E-state index contributed by atoms with van der Waals surface area (Å²) in [6, 6.07) is 19.2. The van der Waals surface area contributed by atoms with Crippen LogP contribution in [0.3, 0.4) is 0 Å². The van der Waals surface area contributed by atoms with Gasteiger partial charge in [-0.15, -0.1) is 0 Å². The van der Waals surface area contributed by atoms with Gasteiger partial charge in [0.1, 0.15) is 5.69 Å². The first-order valence-corrected chi connectivity index (χ1v) is 12.6. The van der Waals surface area contributed by atoms with Gasteiger partial charge in [-0.05, 0) is 51.1 Å². The van der Waals surface area contributed by atoms with Crippen LogP contribution in [0.4, 0.5) is 5.69 Å². The molecule has 1 aliphatic rings. The maximum atomic E-state index is 13.6. The van der Waals surface area contributed by atoms with Gasteiger partial charge in [-0.1, -0.05) is 53.7 Å². The molecular formula is C26H25ClN6OS. The van der Waals surface area contributed by atoms with Crippen LogP contribution in [0.25, 0.3) is 11.4 Å². The van der Waals surface area contributed by atoms with Crippen LogP contribution in [0.2, 0.25) is 5.02 Å². The number of hydrazone groups is 1. The van der Waals surface area contributed by atoms with Gasteiger partial charge in [0.15, 0.2) is 5.17 Å². The molecule has 7 nitrogen and oxygen atoms in total. The monoisotopic (exact) mass is 504 g/mol. The number of thioether (sulfide) groups is 1. The molecule has 2 aromatic carbocycles. The second-order valence-corrected chi connectivity index (χ2v) is 9.73. The van der Waals surface area contributed by atoms with Crippen molar-refractivity contribution in [2.75, 3.05) is 5.75 Å². The highest BCUT2D eigenvalue weighted by molar-refractivity contribution is 8.14. The zero-order chi connectivity index (χ0) is 24.7. The molecule has 5 rings (SSSR count). The summed E-state index contributed by atoms with van der Waals surface area (Å²) in [6.45, 7) is 6.02. The number of nitrogens with one attached hydrogen (secondary N) is 1. The summed E-state index contributed by atoms with van der Waals surface area (Å²) < 4.78 is 5.64. The molecule has 0 radical (unpaired) electrons. The Labute approximate surface area is 212 Å². The fourth-order valence-electron chi connectivity index (χ4n) is 4.37. The Morgan fingerprint density at radius 3 is 2.43 bits per heavy atom. The topological polar surface area (TPSA) is 68.6 Å². The molecule has 0 spiro atoms. The van der Waals surface area contributed by atoms with Crippen molar-refractivity contribution in [2.24, 2.45) is 17.1 Å². The molecule has 2 aromatic heterocycles. The van der Waals surface area contributed by atoms with Gasteiger partial charge in [-0.25, -0.2) is 9.67 Å². The second kappa shape index (κ2) is 9.28. The third kappa shape index (κ3) is 4.13. The van der Waals surface area contributed by atoms with E-state index in [-0.39, 0.29) is 5.56 Å². The van der Waals surface area contributed by atoms with Crippen molar-refractivity contribution >= 4 is 39.9 Å². The van der Waals surface area contributed by atoms with E-state index in [0.29, 0.717) is 27.3 Å². The van der Waals surface area contributed by atoms with Crippen LogP contribution in [0.15, 0.2) is 75.6 Å². The van der Waals surface area contributed by atoms with E-state index in [1.807, 2.05) is 91.7 Å². The summed E-state index contributed by atoms with van der Waals surface area (Å²) in [7, 11) is 1.91. The largest absolute Gasteiger partial charge is 0.311 e. The minimum absolute atomic E-state index is 0.0585. The average molecular weight is 505 g/mol. The second-order valence-electron chi connectivity index (χ2n) is 8.36. The number of halogens is 1. The molecule has 178 valence electrons. The molecule has 0 saturated heterocycles. The van der Waals surface area contributed by atoms with Crippen molar-refractivity contribution in [1.29, 1.82) is 0 Å². The van der Waals surface area contributed by atoms with Crippen molar-refractivity contribution in [3.63, 3.8) is 0 Å². The number of amidine groups is 1. The van der Waals surface area contributed by atoms with Gasteiger partial charge in [-0.3, -0.25) is 14.9 Å². The maximum absolute atomic E-state index is 13.6. The number of hydrogen-bond acceptors (Lipinski definition) is 4. The van der Waals surface area contributed by atoms with Gasteiger partial charge in [0.05, 0.1) is 27.8 Å². The molecule has 0 amide bonds. The summed E-state index contributed by atoms with van der Waals surface area (Å²) in [5.41, 5.74) is 9.94. The van der Waals surface area contributed by atoms with Crippen molar-refractivity contribution < 1.29 is 0 Å². The smallest absolute Gasteiger partial charge is 0.295 e. The van der Waals surface area contributed by atoms with Crippen LogP contribution >= 0.6 is 23.4 Å². The molecular weight excluding hydrogens is 480 g/mol. The van der Waals surface area contributed by atoms with E-state index < -0.39 is 0 Å². The van der Waals surface area contributed by atoms with Crippen molar-refractivity contribution in [2.45, 2.75) is 20.8 Å². The molecule has 9 heteroatoms. The Morgan fingerprint density at radius 2 is 1.74 bits per heavy atom. The molecule has 4 aromatic rings. The molecule has 0 atom stereocenters. The molecule has 0 fully saturated rings. The molecule has 0 aliphatic carbocycles. The summed E-state index contributed by atoms with van der Waals surface area (Å²) in [5, 5.41) is 5.89. The normalized spacial score (nSPS) is 14.8. The molecule has 0 bridgehead atoms. The lowest BCUT2D eigenvalue weighted by atomic mass is 10.1. The zero-order valence-corrected chi connectivity index (χ0v) is 21.5. The molecule has 0 saturated carbocycles. The first kappa shape index (κ1) is 23.3. The summed E-state index contributed by atoms with van der Waals surface area (Å²) in [5.74, 6) is 0.655. The fourth-order valence-corrected chi connectivity index (χ4v) is 5.32. The van der Waals surface area contributed by atoms with Gasteiger partial charge in [0, 0.05) is 29.8 Å². The van der Waals surface area contributed by atoms with Crippen LogP contribution in [-0.4, -0.2) is 30.6 Å². The van der Waals surface area contributed by atoms with Crippen molar-refractivity contribution in [1.82, 2.24) is 19.4 Å². The lowest BCUT2D eigenvalue weighted by molar-refractivity contribution is 0.630. The van der Waals surface area contributed by atoms with E-state index in [2.05, 4.69) is 21.6 Å². The van der Waals surface area contributed by atoms with Crippen LogP contribution in [0.1, 0.15) is 22.6 Å². The van der Waals surface area contributed by atoms with Gasteiger partial charge in [0.2, 0.25) is 0 Å². The van der Waals surface area contributed by atoms with E-state index in [4.69, 9.17) is 11.6 Å². The van der Waals surface area contributed by atoms with Gasteiger partial charge in [0.25, 0.3) is 5.56 Å². The Bertz CT molecular complexity index is 1540. The minimum Gasteiger partial charge on any atom is -0.311 e. The molecule has 3 heterocycles. The van der Waals surface area contributed by atoms with Gasteiger partial charge < -0.3 is 4.57 Å². The first-order valence-electron chi connectivity index (χ1n) is 11.2. The minimum atomic E-state index is -0.0585. The van der Waals surface area contributed by atoms with Crippen molar-refractivity contribution in [3.05, 3.63) is 98.7 Å². The highest BCUT2D eigenvalue weighted by Gasteiger charge is 2.24. The van der Waals surface area contributed by atoms with E-state index in [1.54, 1.807) is 16.4 Å². The summed E-state index contributed by atoms with van der Waals surface area (Å²) in [6.07, 6.45) is 0. The summed E-state index contributed by atoms with van der Waals surface area (Å²) >= 11 is 7.80. The lowest BCUT2D eigenvalue weighted by Crippen LogP contribution is -2.25. The van der Waals surface area contributed by atoms with Gasteiger partial charge >= 0.3 is 0 Å². The number of aromatic nitrogens is 3. The average Bonchev–Trinajstić information content (AvgIpc) is 3.27. The fraction of sp³-hybridized carbons (Fsp3) is 0.192. The highest BCUT2D eigenvalue weighted by Crippen LogP contribution is 2.28. The Balaban J connectivity index is 1.51. The van der Waals surface area contributed by atoms with E-state index >= 15 is 0 Å². The number of aliphatic imine (C=N–C) groups is 1. The third-order valence-electron chi connectivity index (χ3n) is 6.20. The molecule has 1 N–H and O–H groups in total. The number of aryl methyl sites for hydroxylation is 1. The Hall–Kier alpha value is -3.49. The Kier molecular flexibility index (Phi) is 6.17. The Morgan fingerprint density at radius 1 is 1.03 bits per heavy atom. The number of hydrogen-bond donors (Lipinski definition) is 1. The predicted molar refractivity (Wildman–Crippen MR) is 145 cm³/mol. The first-order chi connectivity index (χ1) is 16.9. The standard InChI is InChI=1S/C26H25ClN6OS/c1-16-14-20(23-15-35-26(30-29-23)28-22-13-9-8-12-21(22)27)17(2)32(16)24-18(3)31(4)33(25(24)34)19-10-6-5-7-11-19/h5-14H,15H2,1-4H3,(H,28,30). The number of rotatable bonds is 4. The molecule has 1 aliphatic heterocycles. The van der Waals surface area contributed by atoms with E-state index in [0.717, 1.165) is 34.0 Å². The predicted octanol–water partition coefficient (Wildman–Crippen LogP) is 5.27. The quantitative estimate of drug-likeness (QED) is 0.411. The van der Waals surface area contributed by atoms with Crippen LogP contribution in [-0.2, 0) is 7.05 Å². The van der Waals surface area contributed by atoms with Crippen LogP contribution in [0, 0.1) is 20.8 Å². The third-order valence-corrected chi connectivity index (χ3v) is 7.39. The highest BCUT2D eigenvalue weighted by atomic mass is 35.5. The summed E-state index contributed by atoms with van der Waals surface area (Å²) in [4.78, 5) is 18.2. The van der Waals surface area contributed by atoms with Crippen molar-refractivity contribution in [3.8, 4) is 11.4 Å². The molecule has 0 unspecified atom stereocenters. The number of para-hydroxylation sites is 2. The van der Waals surface area contributed by atoms with E-state index in [1.165, 1.54) is 0 Å². The maximum Gasteiger partial charge on any atom is 0.295 e. The number of nitrogens with zero attached hydrogens (tertiary/aromatic N) is 5. The van der Waals surface area contributed by atoms with Gasteiger partial charge in [-0.2, -0.15) is 5.10 Å². The zero-order valence-electron chi connectivity index (χ0n) is 19.9.